The Morgan fingerprint density at radius 3 is 2.77 bits per heavy atom. The van der Waals surface area contributed by atoms with Crippen molar-refractivity contribution < 1.29 is 9.90 Å². The Morgan fingerprint density at radius 1 is 1.46 bits per heavy atom. The molecule has 0 radical (unpaired) electrons. The van der Waals surface area contributed by atoms with Gasteiger partial charge in [-0.15, -0.1) is 0 Å². The summed E-state index contributed by atoms with van der Waals surface area (Å²) in [5, 5.41) is 15.2. The molecule has 3 N–H and O–H groups in total. The van der Waals surface area contributed by atoms with Crippen molar-refractivity contribution in [1.29, 1.82) is 0 Å². The smallest absolute Gasteiger partial charge is 0.233 e. The van der Waals surface area contributed by atoms with Crippen LogP contribution in [0, 0.1) is 0 Å². The van der Waals surface area contributed by atoms with E-state index in [1.807, 2.05) is 0 Å². The molecule has 1 fully saturated rings. The van der Waals surface area contributed by atoms with Crippen LogP contribution in [0.5, 0.6) is 0 Å². The molecule has 2 atom stereocenters. The van der Waals surface area contributed by atoms with Crippen LogP contribution in [0.4, 0.5) is 0 Å². The van der Waals surface area contributed by atoms with Gasteiger partial charge >= 0.3 is 0 Å². The van der Waals surface area contributed by atoms with Crippen LogP contribution < -0.4 is 10.6 Å². The van der Waals surface area contributed by atoms with Gasteiger partial charge in [0.25, 0.3) is 0 Å². The maximum atomic E-state index is 10.9. The average molecular weight is 186 g/mol. The van der Waals surface area contributed by atoms with Gasteiger partial charge in [-0.25, -0.2) is 0 Å². The van der Waals surface area contributed by atoms with E-state index in [2.05, 4.69) is 10.6 Å². The van der Waals surface area contributed by atoms with Gasteiger partial charge in [-0.1, -0.05) is 12.8 Å². The van der Waals surface area contributed by atoms with Crippen molar-refractivity contribution in [2.75, 3.05) is 13.6 Å². The van der Waals surface area contributed by atoms with Gasteiger partial charge in [0, 0.05) is 13.1 Å². The molecule has 0 aromatic carbocycles. The second-order valence-corrected chi connectivity index (χ2v) is 3.51. The number of aliphatic hydroxyl groups excluding tert-OH is 1. The largest absolute Gasteiger partial charge is 0.392 e. The third kappa shape index (κ3) is 3.32. The number of hydrogen-bond acceptors (Lipinski definition) is 3. The lowest BCUT2D eigenvalue weighted by molar-refractivity contribution is -0.120. The molecule has 0 saturated heterocycles. The van der Waals surface area contributed by atoms with E-state index >= 15 is 0 Å². The predicted octanol–water partition coefficient (Wildman–Crippen LogP) is -0.374. The summed E-state index contributed by atoms with van der Waals surface area (Å²) in [6, 6.07) is 0.103. The number of likely N-dealkylation sites (N-methyl/N-ethyl adjacent to an activating group) is 1. The molecule has 0 spiro atoms. The summed E-state index contributed by atoms with van der Waals surface area (Å²) >= 11 is 0. The molecule has 1 aliphatic carbocycles. The third-order valence-electron chi connectivity index (χ3n) is 2.53. The summed E-state index contributed by atoms with van der Waals surface area (Å²) < 4.78 is 0. The summed E-state index contributed by atoms with van der Waals surface area (Å²) in [5.41, 5.74) is 0. The van der Waals surface area contributed by atoms with E-state index in [4.69, 9.17) is 0 Å². The molecule has 1 aliphatic rings. The zero-order chi connectivity index (χ0) is 9.68. The molecule has 0 aliphatic heterocycles. The Hall–Kier alpha value is -0.610. The first-order valence-corrected chi connectivity index (χ1v) is 4.86. The standard InChI is InChI=1S/C9H18N2O2/c1-10-9(13)6-11-7-4-2-3-5-8(7)12/h7-8,11-12H,2-6H2,1H3,(H,10,13)/t7-,8-/m1/s1. The number of hydrogen-bond donors (Lipinski definition) is 3. The topological polar surface area (TPSA) is 61.4 Å². The van der Waals surface area contributed by atoms with E-state index in [0.29, 0.717) is 6.54 Å². The van der Waals surface area contributed by atoms with Crippen molar-refractivity contribution >= 4 is 5.91 Å². The highest BCUT2D eigenvalue weighted by atomic mass is 16.3. The SMILES string of the molecule is CNC(=O)CN[C@@H]1CCCC[C@H]1O. The average Bonchev–Trinajstić information content (AvgIpc) is 2.16. The zero-order valence-electron chi connectivity index (χ0n) is 8.05. The molecule has 0 aromatic heterocycles. The van der Waals surface area contributed by atoms with E-state index in [1.54, 1.807) is 7.05 Å². The Morgan fingerprint density at radius 2 is 2.15 bits per heavy atom. The fraction of sp³-hybridized carbons (Fsp3) is 0.889. The van der Waals surface area contributed by atoms with Crippen molar-refractivity contribution in [3.05, 3.63) is 0 Å². The van der Waals surface area contributed by atoms with E-state index in [0.717, 1.165) is 25.7 Å². The van der Waals surface area contributed by atoms with Gasteiger partial charge in [0.2, 0.25) is 5.91 Å². The number of carbonyl (C=O) groups is 1. The lowest BCUT2D eigenvalue weighted by Gasteiger charge is -2.28. The van der Waals surface area contributed by atoms with Crippen molar-refractivity contribution in [1.82, 2.24) is 10.6 Å². The molecule has 1 saturated carbocycles. The van der Waals surface area contributed by atoms with E-state index < -0.39 is 0 Å². The maximum absolute atomic E-state index is 10.9. The van der Waals surface area contributed by atoms with E-state index in [-0.39, 0.29) is 18.1 Å². The van der Waals surface area contributed by atoms with Crippen LogP contribution >= 0.6 is 0 Å². The van der Waals surface area contributed by atoms with Crippen LogP contribution in [-0.4, -0.2) is 36.8 Å². The second kappa shape index (κ2) is 5.19. The first-order chi connectivity index (χ1) is 6.24. The molecular formula is C9H18N2O2. The van der Waals surface area contributed by atoms with Crippen LogP contribution in [-0.2, 0) is 4.79 Å². The van der Waals surface area contributed by atoms with Gasteiger partial charge in [-0.2, -0.15) is 0 Å². The summed E-state index contributed by atoms with van der Waals surface area (Å²) in [5.74, 6) is -0.0298. The Kier molecular flexibility index (Phi) is 4.18. The molecule has 0 aromatic rings. The van der Waals surface area contributed by atoms with Crippen molar-refractivity contribution in [3.63, 3.8) is 0 Å². The van der Waals surface area contributed by atoms with Gasteiger partial charge in [0.15, 0.2) is 0 Å². The lowest BCUT2D eigenvalue weighted by Crippen LogP contribution is -2.45. The predicted molar refractivity (Wildman–Crippen MR) is 50.3 cm³/mol. The van der Waals surface area contributed by atoms with Gasteiger partial charge < -0.3 is 15.7 Å². The normalized spacial score (nSPS) is 28.5. The van der Waals surface area contributed by atoms with Gasteiger partial charge in [-0.3, -0.25) is 4.79 Å². The van der Waals surface area contributed by atoms with Gasteiger partial charge in [0.05, 0.1) is 12.6 Å². The van der Waals surface area contributed by atoms with Crippen LogP contribution in [0.25, 0.3) is 0 Å². The summed E-state index contributed by atoms with van der Waals surface area (Å²) in [7, 11) is 1.61. The summed E-state index contributed by atoms with van der Waals surface area (Å²) in [4.78, 5) is 10.9. The minimum Gasteiger partial charge on any atom is -0.392 e. The zero-order valence-corrected chi connectivity index (χ0v) is 8.05. The van der Waals surface area contributed by atoms with Crippen molar-refractivity contribution in [3.8, 4) is 0 Å². The lowest BCUT2D eigenvalue weighted by atomic mass is 9.93. The first kappa shape index (κ1) is 10.5. The molecule has 0 heterocycles. The quantitative estimate of drug-likeness (QED) is 0.563. The van der Waals surface area contributed by atoms with Gasteiger partial charge in [-0.05, 0) is 12.8 Å². The minimum atomic E-state index is -0.279. The molecule has 0 unspecified atom stereocenters. The molecule has 76 valence electrons. The monoisotopic (exact) mass is 186 g/mol. The van der Waals surface area contributed by atoms with Crippen LogP contribution in [0.2, 0.25) is 0 Å². The molecule has 1 rings (SSSR count). The van der Waals surface area contributed by atoms with Gasteiger partial charge in [0.1, 0.15) is 0 Å². The fourth-order valence-electron chi connectivity index (χ4n) is 1.66. The number of rotatable bonds is 3. The molecule has 1 amide bonds. The highest BCUT2D eigenvalue weighted by molar-refractivity contribution is 5.77. The summed E-state index contributed by atoms with van der Waals surface area (Å²) in [6.45, 7) is 0.304. The number of amides is 1. The number of carbonyl (C=O) groups excluding carboxylic acids is 1. The summed E-state index contributed by atoms with van der Waals surface area (Å²) in [6.07, 6.45) is 3.78. The van der Waals surface area contributed by atoms with Crippen molar-refractivity contribution in [2.24, 2.45) is 0 Å². The molecule has 13 heavy (non-hydrogen) atoms. The Balaban J connectivity index is 2.22. The molecule has 4 nitrogen and oxygen atoms in total. The Labute approximate surface area is 78.7 Å². The molecule has 0 bridgehead atoms. The van der Waals surface area contributed by atoms with E-state index in [9.17, 15) is 9.90 Å². The van der Waals surface area contributed by atoms with Crippen LogP contribution in [0.1, 0.15) is 25.7 Å². The highest BCUT2D eigenvalue weighted by Gasteiger charge is 2.22. The number of nitrogens with one attached hydrogen (secondary N) is 2. The minimum absolute atomic E-state index is 0.0298. The number of aliphatic hydroxyl groups is 1. The van der Waals surface area contributed by atoms with Crippen LogP contribution in [0.3, 0.4) is 0 Å². The first-order valence-electron chi connectivity index (χ1n) is 4.86. The second-order valence-electron chi connectivity index (χ2n) is 3.51. The molecule has 4 heteroatoms. The molecular weight excluding hydrogens is 168 g/mol. The highest BCUT2D eigenvalue weighted by Crippen LogP contribution is 2.17. The van der Waals surface area contributed by atoms with E-state index in [1.165, 1.54) is 0 Å². The van der Waals surface area contributed by atoms with Crippen molar-refractivity contribution in [2.45, 2.75) is 37.8 Å². The Bertz CT molecular complexity index is 173. The maximum Gasteiger partial charge on any atom is 0.233 e. The van der Waals surface area contributed by atoms with Crippen LogP contribution in [0.15, 0.2) is 0 Å². The third-order valence-corrected chi connectivity index (χ3v) is 2.53. The fourth-order valence-corrected chi connectivity index (χ4v) is 1.66.